The molecule has 2 aromatic carbocycles. The van der Waals surface area contributed by atoms with Crippen LogP contribution in [0, 0.1) is 0 Å². The minimum Gasteiger partial charge on any atom is -0.378 e. The molecule has 1 N–H and O–H groups in total. The zero-order valence-corrected chi connectivity index (χ0v) is 17.4. The first kappa shape index (κ1) is 19.7. The van der Waals surface area contributed by atoms with Crippen molar-refractivity contribution in [3.05, 3.63) is 60.2 Å². The summed E-state index contributed by atoms with van der Waals surface area (Å²) in [7, 11) is 4.00. The number of fused-ring (bicyclic) bond motifs is 1. The average molecular weight is 420 g/mol. The molecule has 2 saturated heterocycles. The van der Waals surface area contributed by atoms with Gasteiger partial charge in [-0.2, -0.15) is 0 Å². The van der Waals surface area contributed by atoms with E-state index in [2.05, 4.69) is 20.8 Å². The van der Waals surface area contributed by atoms with E-state index in [4.69, 9.17) is 9.47 Å². The summed E-state index contributed by atoms with van der Waals surface area (Å²) in [6.45, 7) is 0.806. The van der Waals surface area contributed by atoms with Gasteiger partial charge in [-0.1, -0.05) is 18.2 Å². The first-order valence-electron chi connectivity index (χ1n) is 10.3. The van der Waals surface area contributed by atoms with Gasteiger partial charge in [0.15, 0.2) is 5.82 Å². The molecule has 0 radical (unpaired) electrons. The second-order valence-corrected chi connectivity index (χ2v) is 8.00. The molecule has 1 amide bonds. The second-order valence-electron chi connectivity index (χ2n) is 8.00. The summed E-state index contributed by atoms with van der Waals surface area (Å²) in [5.74, 6) is 0.533. The number of tetrazole rings is 1. The van der Waals surface area contributed by atoms with E-state index in [-0.39, 0.29) is 30.2 Å². The molecule has 31 heavy (non-hydrogen) atoms. The Bertz CT molecular complexity index is 1050. The summed E-state index contributed by atoms with van der Waals surface area (Å²) in [6.07, 6.45) is -0.477. The van der Waals surface area contributed by atoms with E-state index >= 15 is 0 Å². The summed E-state index contributed by atoms with van der Waals surface area (Å²) in [5.41, 5.74) is 2.64. The van der Waals surface area contributed by atoms with E-state index in [9.17, 15) is 4.79 Å². The Morgan fingerprint density at radius 2 is 1.77 bits per heavy atom. The Kier molecular flexibility index (Phi) is 5.13. The van der Waals surface area contributed by atoms with Crippen molar-refractivity contribution in [2.45, 2.75) is 24.3 Å². The summed E-state index contributed by atoms with van der Waals surface area (Å²) in [5, 5.41) is 15.4. The molecule has 2 aliphatic heterocycles. The van der Waals surface area contributed by atoms with Gasteiger partial charge in [0.05, 0.1) is 19.3 Å². The molecule has 0 aliphatic carbocycles. The smallest absolute Gasteiger partial charge is 0.251 e. The summed E-state index contributed by atoms with van der Waals surface area (Å²) in [6, 6.07) is 16.8. The van der Waals surface area contributed by atoms with Crippen molar-refractivity contribution in [2.75, 3.05) is 32.2 Å². The fourth-order valence-corrected chi connectivity index (χ4v) is 4.17. The number of hydrogen-bond donors (Lipinski definition) is 1. The number of benzene rings is 2. The summed E-state index contributed by atoms with van der Waals surface area (Å²) < 4.78 is 13.9. The highest BCUT2D eigenvalue weighted by Gasteiger charge is 2.50. The van der Waals surface area contributed by atoms with Crippen molar-refractivity contribution in [1.82, 2.24) is 25.5 Å². The second kappa shape index (κ2) is 8.09. The van der Waals surface area contributed by atoms with Crippen LogP contribution in [0.5, 0.6) is 0 Å². The molecule has 0 saturated carbocycles. The van der Waals surface area contributed by atoms with Crippen LogP contribution in [-0.4, -0.2) is 71.7 Å². The molecule has 3 heterocycles. The third kappa shape index (κ3) is 3.66. The molecule has 5 rings (SSSR count). The van der Waals surface area contributed by atoms with Crippen LogP contribution < -0.4 is 10.2 Å². The molecule has 9 nitrogen and oxygen atoms in total. The van der Waals surface area contributed by atoms with Gasteiger partial charge in [0.25, 0.3) is 5.91 Å². The van der Waals surface area contributed by atoms with Crippen LogP contribution in [0.2, 0.25) is 0 Å². The summed E-state index contributed by atoms with van der Waals surface area (Å²) in [4.78, 5) is 14.6. The number of anilines is 1. The zero-order valence-electron chi connectivity index (χ0n) is 17.4. The highest BCUT2D eigenvalue weighted by atomic mass is 16.6. The Morgan fingerprint density at radius 3 is 2.52 bits per heavy atom. The Morgan fingerprint density at radius 1 is 1.03 bits per heavy atom. The van der Waals surface area contributed by atoms with Gasteiger partial charge in [-0.3, -0.25) is 4.79 Å². The average Bonchev–Trinajstić information content (AvgIpc) is 3.52. The van der Waals surface area contributed by atoms with E-state index in [1.807, 2.05) is 61.5 Å². The highest BCUT2D eigenvalue weighted by molar-refractivity contribution is 5.94. The number of nitrogens with one attached hydrogen (secondary N) is 1. The van der Waals surface area contributed by atoms with Crippen LogP contribution in [0.4, 0.5) is 5.69 Å². The minimum atomic E-state index is -0.245. The number of hydrogen-bond acceptors (Lipinski definition) is 7. The van der Waals surface area contributed by atoms with Crippen LogP contribution in [-0.2, 0) is 9.47 Å². The Hall–Kier alpha value is -3.30. The molecular weight excluding hydrogens is 396 g/mol. The SMILES string of the molecule is CN(C)c1ccc(-c2nnnn2[C@@H]2CO[C@@H]3[C@@H]2OC[C@@H]3NC(=O)c2ccccc2)cc1. The molecule has 4 atom stereocenters. The Labute approximate surface area is 180 Å². The van der Waals surface area contributed by atoms with E-state index in [0.717, 1.165) is 11.3 Å². The molecule has 0 unspecified atom stereocenters. The largest absolute Gasteiger partial charge is 0.378 e. The fraction of sp³-hybridized carbons (Fsp3) is 0.364. The van der Waals surface area contributed by atoms with Gasteiger partial charge in [-0.05, 0) is 46.8 Å². The van der Waals surface area contributed by atoms with Gasteiger partial charge in [-0.15, -0.1) is 5.10 Å². The molecule has 0 spiro atoms. The van der Waals surface area contributed by atoms with Gasteiger partial charge in [0.1, 0.15) is 18.2 Å². The van der Waals surface area contributed by atoms with Crippen molar-refractivity contribution >= 4 is 11.6 Å². The maximum Gasteiger partial charge on any atom is 0.251 e. The van der Waals surface area contributed by atoms with E-state index < -0.39 is 0 Å². The number of amides is 1. The third-order valence-corrected chi connectivity index (χ3v) is 5.83. The van der Waals surface area contributed by atoms with E-state index in [1.165, 1.54) is 0 Å². The third-order valence-electron chi connectivity index (χ3n) is 5.83. The fourth-order valence-electron chi connectivity index (χ4n) is 4.17. The first-order chi connectivity index (χ1) is 15.1. The minimum absolute atomic E-state index is 0.133. The van der Waals surface area contributed by atoms with Crippen LogP contribution in [0.1, 0.15) is 16.4 Å². The highest BCUT2D eigenvalue weighted by Crippen LogP contribution is 2.36. The lowest BCUT2D eigenvalue weighted by atomic mass is 10.1. The molecule has 160 valence electrons. The predicted molar refractivity (Wildman–Crippen MR) is 114 cm³/mol. The molecular formula is C22H24N6O3. The van der Waals surface area contributed by atoms with E-state index in [0.29, 0.717) is 24.6 Å². The zero-order chi connectivity index (χ0) is 21.4. The predicted octanol–water partition coefficient (Wildman–Crippen LogP) is 1.54. The summed E-state index contributed by atoms with van der Waals surface area (Å²) >= 11 is 0. The standard InChI is InChI=1S/C22H24N6O3/c1-27(2)16-10-8-14(9-11-16)21-24-25-26-28(21)18-13-31-19-17(12-30-20(18)19)23-22(29)15-6-4-3-5-7-15/h3-11,17-20H,12-13H2,1-2H3,(H,23,29)/t17-,18+,19-,20+/m0/s1. The molecule has 2 aliphatic rings. The van der Waals surface area contributed by atoms with Crippen LogP contribution in [0.3, 0.4) is 0 Å². The topological polar surface area (TPSA) is 94.4 Å². The number of rotatable bonds is 5. The van der Waals surface area contributed by atoms with Gasteiger partial charge in [0.2, 0.25) is 0 Å². The first-order valence-corrected chi connectivity index (χ1v) is 10.3. The Balaban J connectivity index is 1.32. The maximum atomic E-state index is 12.6. The van der Waals surface area contributed by atoms with Crippen molar-refractivity contribution in [1.29, 1.82) is 0 Å². The van der Waals surface area contributed by atoms with Gasteiger partial charge in [-0.25, -0.2) is 4.68 Å². The molecule has 0 bridgehead atoms. The molecule has 9 heteroatoms. The number of ether oxygens (including phenoxy) is 2. The maximum absolute atomic E-state index is 12.6. The quantitative estimate of drug-likeness (QED) is 0.669. The van der Waals surface area contributed by atoms with E-state index in [1.54, 1.807) is 16.8 Å². The van der Waals surface area contributed by atoms with Crippen molar-refractivity contribution in [2.24, 2.45) is 0 Å². The monoisotopic (exact) mass is 420 g/mol. The molecule has 1 aromatic heterocycles. The van der Waals surface area contributed by atoms with Gasteiger partial charge >= 0.3 is 0 Å². The molecule has 3 aromatic rings. The number of aromatic nitrogens is 4. The van der Waals surface area contributed by atoms with Crippen molar-refractivity contribution in [3.63, 3.8) is 0 Å². The van der Waals surface area contributed by atoms with Gasteiger partial charge < -0.3 is 19.7 Å². The van der Waals surface area contributed by atoms with Crippen molar-refractivity contribution in [3.8, 4) is 11.4 Å². The molecule has 2 fully saturated rings. The lowest BCUT2D eigenvalue weighted by Gasteiger charge is -2.18. The number of carbonyl (C=O) groups excluding carboxylic acids is 1. The lowest BCUT2D eigenvalue weighted by molar-refractivity contribution is 0.0615. The number of carbonyl (C=O) groups is 1. The normalized spacial score (nSPS) is 24.7. The van der Waals surface area contributed by atoms with Crippen molar-refractivity contribution < 1.29 is 14.3 Å². The number of nitrogens with zero attached hydrogens (tertiary/aromatic N) is 5. The van der Waals surface area contributed by atoms with Crippen LogP contribution in [0.15, 0.2) is 54.6 Å². The van der Waals surface area contributed by atoms with Gasteiger partial charge in [0, 0.05) is 30.9 Å². The van der Waals surface area contributed by atoms with Crippen LogP contribution in [0.25, 0.3) is 11.4 Å². The lowest BCUT2D eigenvalue weighted by Crippen LogP contribution is -2.44. The van der Waals surface area contributed by atoms with Crippen LogP contribution >= 0.6 is 0 Å².